The first kappa shape index (κ1) is 17.2. The van der Waals surface area contributed by atoms with E-state index < -0.39 is 0 Å². The maximum Gasteiger partial charge on any atom is 0.332 e. The van der Waals surface area contributed by atoms with Crippen LogP contribution in [0.1, 0.15) is 31.7 Å². The van der Waals surface area contributed by atoms with Crippen molar-refractivity contribution in [3.05, 3.63) is 42.0 Å². The van der Waals surface area contributed by atoms with E-state index in [-0.39, 0.29) is 30.1 Å². The third-order valence-corrected chi connectivity index (χ3v) is 4.40. The number of benzene rings is 1. The van der Waals surface area contributed by atoms with Gasteiger partial charge in [0, 0.05) is 31.1 Å². The Morgan fingerprint density at radius 1 is 1.24 bits per heavy atom. The smallest absolute Gasteiger partial charge is 0.332 e. The first-order valence-electron chi connectivity index (χ1n) is 8.61. The van der Waals surface area contributed by atoms with E-state index >= 15 is 0 Å². The van der Waals surface area contributed by atoms with Gasteiger partial charge in [-0.15, -0.1) is 0 Å². The number of anilines is 1. The van der Waals surface area contributed by atoms with Crippen molar-refractivity contribution in [3.8, 4) is 0 Å². The first-order valence-corrected chi connectivity index (χ1v) is 8.61. The summed E-state index contributed by atoms with van der Waals surface area (Å²) in [7, 11) is 0. The number of carbonyl (C=O) groups is 3. The summed E-state index contributed by atoms with van der Waals surface area (Å²) >= 11 is 0. The van der Waals surface area contributed by atoms with Crippen molar-refractivity contribution < 1.29 is 19.2 Å². The van der Waals surface area contributed by atoms with Crippen molar-refractivity contribution >= 4 is 23.5 Å². The Kier molecular flexibility index (Phi) is 5.16. The monoisotopic (exact) mass is 342 g/mol. The van der Waals surface area contributed by atoms with Gasteiger partial charge >= 0.3 is 5.97 Å². The van der Waals surface area contributed by atoms with Crippen LogP contribution in [-0.2, 0) is 25.6 Å². The Balaban J connectivity index is 1.42. The number of hydroxylamine groups is 2. The first-order chi connectivity index (χ1) is 12.0. The summed E-state index contributed by atoms with van der Waals surface area (Å²) in [4.78, 5) is 41.9. The van der Waals surface area contributed by atoms with Gasteiger partial charge in [-0.05, 0) is 36.5 Å². The molecule has 0 bridgehead atoms. The summed E-state index contributed by atoms with van der Waals surface area (Å²) in [6.45, 7) is 3.05. The van der Waals surface area contributed by atoms with E-state index in [1.165, 1.54) is 5.06 Å². The van der Waals surface area contributed by atoms with Crippen LogP contribution >= 0.6 is 0 Å². The maximum absolute atomic E-state index is 11.8. The van der Waals surface area contributed by atoms with Crippen molar-refractivity contribution in [1.82, 2.24) is 5.06 Å². The molecule has 6 nitrogen and oxygen atoms in total. The molecule has 2 amide bonds. The summed E-state index contributed by atoms with van der Waals surface area (Å²) < 4.78 is 0. The molecule has 0 aromatic heterocycles. The molecule has 1 unspecified atom stereocenters. The number of rotatable bonds is 6. The lowest BCUT2D eigenvalue weighted by Gasteiger charge is -2.16. The molecule has 25 heavy (non-hydrogen) atoms. The molecule has 0 N–H and O–H groups in total. The SMILES string of the molecule is CC1CC(=O)N(OC(=O)CCCc2ccc(N3CC=CC3=O)cc2)C1. The van der Waals surface area contributed by atoms with Crippen LogP contribution in [0.25, 0.3) is 0 Å². The van der Waals surface area contributed by atoms with Crippen molar-refractivity contribution in [3.63, 3.8) is 0 Å². The van der Waals surface area contributed by atoms with Gasteiger partial charge in [0.1, 0.15) is 0 Å². The highest BCUT2D eigenvalue weighted by molar-refractivity contribution is 6.04. The van der Waals surface area contributed by atoms with E-state index in [1.807, 2.05) is 37.3 Å². The molecule has 1 fully saturated rings. The fourth-order valence-corrected chi connectivity index (χ4v) is 3.06. The molecule has 1 aromatic carbocycles. The van der Waals surface area contributed by atoms with Gasteiger partial charge in [0.25, 0.3) is 11.8 Å². The van der Waals surface area contributed by atoms with Gasteiger partial charge in [-0.2, -0.15) is 5.06 Å². The fraction of sp³-hybridized carbons (Fsp3) is 0.421. The molecule has 6 heteroatoms. The average Bonchev–Trinajstić information content (AvgIpc) is 3.13. The van der Waals surface area contributed by atoms with Gasteiger partial charge in [-0.3, -0.25) is 9.59 Å². The number of aryl methyl sites for hydroxylation is 1. The maximum atomic E-state index is 11.8. The summed E-state index contributed by atoms with van der Waals surface area (Å²) in [6.07, 6.45) is 5.52. The molecule has 2 heterocycles. The summed E-state index contributed by atoms with van der Waals surface area (Å²) in [5, 5.41) is 1.18. The molecule has 2 aliphatic heterocycles. The van der Waals surface area contributed by atoms with E-state index in [0.717, 1.165) is 17.7 Å². The number of hydrogen-bond donors (Lipinski definition) is 0. The van der Waals surface area contributed by atoms with Gasteiger partial charge in [-0.25, -0.2) is 4.79 Å². The number of hydrogen-bond acceptors (Lipinski definition) is 4. The van der Waals surface area contributed by atoms with E-state index in [1.54, 1.807) is 11.0 Å². The van der Waals surface area contributed by atoms with Gasteiger partial charge in [0.05, 0.1) is 6.54 Å². The lowest BCUT2D eigenvalue weighted by atomic mass is 10.1. The average molecular weight is 342 g/mol. The van der Waals surface area contributed by atoms with Gasteiger partial charge < -0.3 is 9.74 Å². The molecule has 0 saturated carbocycles. The normalized spacial score (nSPS) is 19.8. The van der Waals surface area contributed by atoms with Gasteiger partial charge in [-0.1, -0.05) is 25.1 Å². The molecule has 132 valence electrons. The van der Waals surface area contributed by atoms with Crippen LogP contribution in [0.3, 0.4) is 0 Å². The molecule has 0 aliphatic carbocycles. The number of nitrogens with zero attached hydrogens (tertiary/aromatic N) is 2. The molecular formula is C19H22N2O4. The highest BCUT2D eigenvalue weighted by Crippen LogP contribution is 2.20. The summed E-state index contributed by atoms with van der Waals surface area (Å²) in [5.74, 6) is -0.257. The Labute approximate surface area is 147 Å². The molecule has 2 aliphatic rings. The topological polar surface area (TPSA) is 66.9 Å². The highest BCUT2D eigenvalue weighted by Gasteiger charge is 2.29. The molecule has 3 rings (SSSR count). The second-order valence-electron chi connectivity index (χ2n) is 6.60. The minimum atomic E-state index is -0.368. The molecular weight excluding hydrogens is 320 g/mol. The summed E-state index contributed by atoms with van der Waals surface area (Å²) in [5.41, 5.74) is 1.97. The van der Waals surface area contributed by atoms with Crippen LogP contribution in [0, 0.1) is 5.92 Å². The Morgan fingerprint density at radius 2 is 2.00 bits per heavy atom. The van der Waals surface area contributed by atoms with Crippen molar-refractivity contribution in [1.29, 1.82) is 0 Å². The van der Waals surface area contributed by atoms with E-state index in [9.17, 15) is 14.4 Å². The second kappa shape index (κ2) is 7.51. The number of carbonyl (C=O) groups excluding carboxylic acids is 3. The minimum absolute atomic E-state index is 0.00118. The standard InChI is InChI=1S/C19H22N2O4/c1-14-12-18(23)21(13-14)25-19(24)6-2-4-15-7-9-16(10-8-15)20-11-3-5-17(20)22/h3,5,7-10,14H,2,4,6,11-13H2,1H3. The zero-order valence-electron chi connectivity index (χ0n) is 14.3. The van der Waals surface area contributed by atoms with Crippen LogP contribution in [-0.4, -0.2) is 35.9 Å². The second-order valence-corrected chi connectivity index (χ2v) is 6.60. The Bertz CT molecular complexity index is 696. The molecule has 1 atom stereocenters. The van der Waals surface area contributed by atoms with Crippen molar-refractivity contribution in [2.45, 2.75) is 32.6 Å². The molecule has 0 spiro atoms. The van der Waals surface area contributed by atoms with Crippen LogP contribution in [0.15, 0.2) is 36.4 Å². The lowest BCUT2D eigenvalue weighted by Crippen LogP contribution is -2.28. The predicted octanol–water partition coefficient (Wildman–Crippen LogP) is 2.24. The Morgan fingerprint density at radius 3 is 2.60 bits per heavy atom. The van der Waals surface area contributed by atoms with Crippen molar-refractivity contribution in [2.24, 2.45) is 5.92 Å². The molecule has 1 aromatic rings. The fourth-order valence-electron chi connectivity index (χ4n) is 3.06. The Hall–Kier alpha value is -2.63. The van der Waals surface area contributed by atoms with Crippen LogP contribution in [0.5, 0.6) is 0 Å². The highest BCUT2D eigenvalue weighted by atomic mass is 16.7. The minimum Gasteiger partial charge on any atom is -0.338 e. The third-order valence-electron chi connectivity index (χ3n) is 4.40. The quantitative estimate of drug-likeness (QED) is 0.795. The van der Waals surface area contributed by atoms with Gasteiger partial charge in [0.2, 0.25) is 0 Å². The van der Waals surface area contributed by atoms with Gasteiger partial charge in [0.15, 0.2) is 0 Å². The molecule has 0 radical (unpaired) electrons. The van der Waals surface area contributed by atoms with Crippen LogP contribution in [0.2, 0.25) is 0 Å². The largest absolute Gasteiger partial charge is 0.338 e. The van der Waals surface area contributed by atoms with Crippen LogP contribution in [0.4, 0.5) is 5.69 Å². The zero-order valence-corrected chi connectivity index (χ0v) is 14.3. The predicted molar refractivity (Wildman–Crippen MR) is 92.5 cm³/mol. The molecule has 1 saturated heterocycles. The third kappa shape index (κ3) is 4.26. The lowest BCUT2D eigenvalue weighted by molar-refractivity contribution is -0.193. The number of amides is 2. The van der Waals surface area contributed by atoms with E-state index in [4.69, 9.17) is 4.84 Å². The van der Waals surface area contributed by atoms with E-state index in [2.05, 4.69) is 0 Å². The zero-order chi connectivity index (χ0) is 17.8. The summed E-state index contributed by atoms with van der Waals surface area (Å²) in [6, 6.07) is 7.78. The van der Waals surface area contributed by atoms with Crippen molar-refractivity contribution in [2.75, 3.05) is 18.0 Å². The van der Waals surface area contributed by atoms with Crippen LogP contribution < -0.4 is 4.90 Å². The van der Waals surface area contributed by atoms with E-state index in [0.29, 0.717) is 25.9 Å².